The zero-order chi connectivity index (χ0) is 18.3. The minimum absolute atomic E-state index is 0.0324. The first-order chi connectivity index (χ1) is 12.4. The molecule has 1 saturated heterocycles. The van der Waals surface area contributed by atoms with Crippen LogP contribution in [0.4, 0.5) is 0 Å². The Morgan fingerprint density at radius 2 is 1.88 bits per heavy atom. The van der Waals surface area contributed by atoms with Crippen LogP contribution < -0.4 is 0 Å². The zero-order valence-corrected chi connectivity index (χ0v) is 16.0. The lowest BCUT2D eigenvalue weighted by molar-refractivity contribution is -0.150. The highest BCUT2D eigenvalue weighted by molar-refractivity contribution is 5.80. The molecule has 5 rings (SSSR count). The van der Waals surface area contributed by atoms with Crippen molar-refractivity contribution in [2.75, 3.05) is 0 Å². The van der Waals surface area contributed by atoms with Crippen LogP contribution in [0.3, 0.4) is 0 Å². The van der Waals surface area contributed by atoms with Crippen molar-refractivity contribution in [2.24, 2.45) is 34.5 Å². The number of aliphatic carboxylic acids is 1. The molecule has 0 aromatic heterocycles. The van der Waals surface area contributed by atoms with Gasteiger partial charge in [0.25, 0.3) is 0 Å². The second kappa shape index (κ2) is 5.36. The van der Waals surface area contributed by atoms with Gasteiger partial charge in [0.15, 0.2) is 0 Å². The van der Waals surface area contributed by atoms with Gasteiger partial charge in [-0.25, -0.2) is 0 Å². The Bertz CT molecular complexity index is 696. The maximum atomic E-state index is 12.6. The van der Waals surface area contributed by atoms with Crippen LogP contribution in [0.25, 0.3) is 0 Å². The predicted octanol–water partition coefficient (Wildman–Crippen LogP) is 4.21. The van der Waals surface area contributed by atoms with E-state index in [1.54, 1.807) is 0 Å². The lowest BCUT2D eigenvalue weighted by Crippen LogP contribution is -2.55. The number of hydrogen-bond acceptors (Lipinski definition) is 2. The van der Waals surface area contributed by atoms with Crippen molar-refractivity contribution in [3.8, 4) is 0 Å². The Morgan fingerprint density at radius 3 is 2.58 bits per heavy atom. The Hall–Kier alpha value is -1.32. The molecular weight excluding hydrogens is 326 g/mol. The zero-order valence-electron chi connectivity index (χ0n) is 16.0. The number of amides is 1. The fraction of sp³-hybridized carbons (Fsp3) is 0.818. The first-order valence-electron chi connectivity index (χ1n) is 10.6. The van der Waals surface area contributed by atoms with Crippen LogP contribution in [-0.2, 0) is 9.59 Å². The molecule has 0 aromatic rings. The van der Waals surface area contributed by atoms with Crippen molar-refractivity contribution in [1.82, 2.24) is 4.90 Å². The molecule has 1 aliphatic heterocycles. The first-order valence-corrected chi connectivity index (χ1v) is 10.6. The molecular formula is C22H31NO3. The summed E-state index contributed by atoms with van der Waals surface area (Å²) in [6.07, 6.45) is 11.5. The highest BCUT2D eigenvalue weighted by atomic mass is 16.4. The molecule has 4 heteroatoms. The number of likely N-dealkylation sites (tertiary alicyclic amines) is 1. The number of piperidine rings is 1. The van der Waals surface area contributed by atoms with Crippen molar-refractivity contribution in [3.63, 3.8) is 0 Å². The van der Waals surface area contributed by atoms with Gasteiger partial charge in [0, 0.05) is 23.6 Å². The molecule has 26 heavy (non-hydrogen) atoms. The van der Waals surface area contributed by atoms with Gasteiger partial charge in [0.1, 0.15) is 0 Å². The van der Waals surface area contributed by atoms with Gasteiger partial charge in [-0.3, -0.25) is 9.59 Å². The smallest absolute Gasteiger partial charge is 0.307 e. The highest BCUT2D eigenvalue weighted by Crippen LogP contribution is 2.66. The van der Waals surface area contributed by atoms with Gasteiger partial charge >= 0.3 is 5.97 Å². The summed E-state index contributed by atoms with van der Waals surface area (Å²) in [7, 11) is 0. The van der Waals surface area contributed by atoms with Crippen molar-refractivity contribution >= 4 is 11.9 Å². The molecule has 4 nitrogen and oxygen atoms in total. The minimum atomic E-state index is -0.588. The number of carbonyl (C=O) groups excluding carboxylic acids is 1. The molecule has 4 fully saturated rings. The topological polar surface area (TPSA) is 57.6 Å². The first kappa shape index (κ1) is 16.8. The summed E-state index contributed by atoms with van der Waals surface area (Å²) in [6.45, 7) is 4.66. The molecule has 1 heterocycles. The Balaban J connectivity index is 1.50. The number of carboxylic acid groups (broad SMARTS) is 1. The van der Waals surface area contributed by atoms with E-state index in [1.165, 1.54) is 5.70 Å². The number of rotatable bonds is 2. The molecule has 1 N–H and O–H groups in total. The summed E-state index contributed by atoms with van der Waals surface area (Å²) in [6, 6.07) is 0.460. The van der Waals surface area contributed by atoms with Crippen molar-refractivity contribution in [3.05, 3.63) is 11.8 Å². The van der Waals surface area contributed by atoms with Crippen molar-refractivity contribution in [1.29, 1.82) is 0 Å². The van der Waals surface area contributed by atoms with Crippen LogP contribution in [0.5, 0.6) is 0 Å². The van der Waals surface area contributed by atoms with E-state index in [4.69, 9.17) is 0 Å². The quantitative estimate of drug-likeness (QED) is 0.805. The summed E-state index contributed by atoms with van der Waals surface area (Å²) < 4.78 is 0. The van der Waals surface area contributed by atoms with Gasteiger partial charge in [-0.05, 0) is 74.5 Å². The molecule has 0 radical (unpaired) electrons. The normalized spacial score (nSPS) is 47.7. The van der Waals surface area contributed by atoms with Crippen LogP contribution in [0.15, 0.2) is 11.8 Å². The summed E-state index contributed by atoms with van der Waals surface area (Å²) in [5, 5.41) is 9.73. The van der Waals surface area contributed by atoms with Gasteiger partial charge < -0.3 is 10.0 Å². The third-order valence-electron chi connectivity index (χ3n) is 9.02. The number of fused-ring (bicyclic) bond motifs is 5. The fourth-order valence-electron chi connectivity index (χ4n) is 7.53. The number of carbonyl (C=O) groups is 2. The van der Waals surface area contributed by atoms with Gasteiger partial charge in [0.2, 0.25) is 5.91 Å². The van der Waals surface area contributed by atoms with Crippen molar-refractivity contribution < 1.29 is 14.7 Å². The summed E-state index contributed by atoms with van der Waals surface area (Å²) in [5.41, 5.74) is 1.41. The summed E-state index contributed by atoms with van der Waals surface area (Å²) >= 11 is 0. The predicted molar refractivity (Wildman–Crippen MR) is 98.1 cm³/mol. The standard InChI is InChI=1S/C22H31NO3/c1-21-11-9-16-14(15(21)6-7-17(21)20(25)26)5-8-18-22(16,2)12-10-19(24)23(18)13-3-4-13/h8,13-17H,3-7,9-12H2,1-2H3,(H,25,26)/t14-,15-,16-,17+,21-,22+/m0/s1. The second-order valence-corrected chi connectivity index (χ2v) is 10.1. The molecule has 5 aliphatic rings. The molecule has 0 spiro atoms. The Labute approximate surface area is 156 Å². The monoisotopic (exact) mass is 357 g/mol. The average Bonchev–Trinajstić information content (AvgIpc) is 3.35. The second-order valence-electron chi connectivity index (χ2n) is 10.1. The molecule has 6 atom stereocenters. The lowest BCUT2D eigenvalue weighted by Gasteiger charge is -2.58. The molecule has 4 aliphatic carbocycles. The average molecular weight is 357 g/mol. The third kappa shape index (κ3) is 2.07. The van der Waals surface area contributed by atoms with E-state index in [1.807, 2.05) is 0 Å². The summed E-state index contributed by atoms with van der Waals surface area (Å²) in [5.74, 6) is 1.33. The van der Waals surface area contributed by atoms with E-state index in [0.717, 1.165) is 51.4 Å². The minimum Gasteiger partial charge on any atom is -0.481 e. The van der Waals surface area contributed by atoms with E-state index < -0.39 is 5.97 Å². The fourth-order valence-corrected chi connectivity index (χ4v) is 7.53. The van der Waals surface area contributed by atoms with Gasteiger partial charge in [-0.15, -0.1) is 0 Å². The maximum absolute atomic E-state index is 12.6. The van der Waals surface area contributed by atoms with E-state index in [0.29, 0.717) is 36.1 Å². The van der Waals surface area contributed by atoms with E-state index in [2.05, 4.69) is 24.8 Å². The third-order valence-corrected chi connectivity index (χ3v) is 9.02. The largest absolute Gasteiger partial charge is 0.481 e. The SMILES string of the molecule is C[C@]12CC[C@H]3[C@@H](CC=C4N(C5CC5)C(=O)CC[C@@]43C)[C@@H]1CC[C@@H]2C(=O)O. The molecule has 0 unspecified atom stereocenters. The molecule has 0 aromatic carbocycles. The van der Waals surface area contributed by atoms with Gasteiger partial charge in [-0.2, -0.15) is 0 Å². The Morgan fingerprint density at radius 1 is 1.12 bits per heavy atom. The van der Waals surface area contributed by atoms with Crippen LogP contribution in [-0.4, -0.2) is 27.9 Å². The van der Waals surface area contributed by atoms with Crippen LogP contribution >= 0.6 is 0 Å². The Kier molecular flexibility index (Phi) is 3.47. The van der Waals surface area contributed by atoms with E-state index in [-0.39, 0.29) is 16.7 Å². The number of allylic oxidation sites excluding steroid dienone is 2. The van der Waals surface area contributed by atoms with Gasteiger partial charge in [0.05, 0.1) is 5.92 Å². The molecule has 1 amide bonds. The number of nitrogens with zero attached hydrogens (tertiary/aromatic N) is 1. The van der Waals surface area contributed by atoms with E-state index >= 15 is 0 Å². The molecule has 142 valence electrons. The van der Waals surface area contributed by atoms with Crippen LogP contribution in [0.1, 0.15) is 71.6 Å². The highest BCUT2D eigenvalue weighted by Gasteiger charge is 2.61. The number of carboxylic acids is 1. The lowest BCUT2D eigenvalue weighted by atomic mass is 9.49. The molecule has 3 saturated carbocycles. The van der Waals surface area contributed by atoms with Crippen molar-refractivity contribution in [2.45, 2.75) is 77.7 Å². The number of hydrogen-bond donors (Lipinski definition) is 1. The van der Waals surface area contributed by atoms with Gasteiger partial charge in [-0.1, -0.05) is 19.9 Å². The van der Waals surface area contributed by atoms with Crippen LogP contribution in [0, 0.1) is 34.5 Å². The van der Waals surface area contributed by atoms with E-state index in [9.17, 15) is 14.7 Å². The maximum Gasteiger partial charge on any atom is 0.307 e. The van der Waals surface area contributed by atoms with Crippen LogP contribution in [0.2, 0.25) is 0 Å². The molecule has 0 bridgehead atoms. The summed E-state index contributed by atoms with van der Waals surface area (Å²) in [4.78, 5) is 26.6.